The van der Waals surface area contributed by atoms with Crippen LogP contribution in [0, 0.1) is 0 Å². The summed E-state index contributed by atoms with van der Waals surface area (Å²) in [5.74, 6) is 0. The molecular weight excluding hydrogens is 663 g/mol. The highest BCUT2D eigenvalue weighted by Crippen LogP contribution is 2.44. The van der Waals surface area contributed by atoms with Gasteiger partial charge in [0, 0.05) is 42.3 Å². The summed E-state index contributed by atoms with van der Waals surface area (Å²) in [4.78, 5) is 2.35. The first-order chi connectivity index (χ1) is 26.2. The number of fused-ring (bicyclic) bond motifs is 9. The second-order valence-corrected chi connectivity index (χ2v) is 14.8. The molecule has 0 saturated heterocycles. The molecule has 2 nitrogen and oxygen atoms in total. The number of rotatable bonds is 5. The summed E-state index contributed by atoms with van der Waals surface area (Å²) in [6.45, 7) is 0. The molecule has 2 aromatic heterocycles. The summed E-state index contributed by atoms with van der Waals surface area (Å²) in [6, 6.07) is 68.0. The van der Waals surface area contributed by atoms with Gasteiger partial charge in [-0.2, -0.15) is 0 Å². The summed E-state index contributed by atoms with van der Waals surface area (Å²) in [6.07, 6.45) is 0. The first-order valence-electron chi connectivity index (χ1n) is 18.0. The highest BCUT2D eigenvalue weighted by atomic mass is 32.1. The van der Waals surface area contributed by atoms with Crippen LogP contribution in [0.1, 0.15) is 0 Å². The van der Waals surface area contributed by atoms with E-state index in [2.05, 4.69) is 193 Å². The van der Waals surface area contributed by atoms with Crippen LogP contribution in [-0.4, -0.2) is 0 Å². The van der Waals surface area contributed by atoms with Gasteiger partial charge < -0.3 is 9.32 Å². The Balaban J connectivity index is 1.09. The molecule has 9 aromatic carbocycles. The number of hydrogen-bond donors (Lipinski definition) is 0. The molecule has 0 amide bonds. The molecule has 53 heavy (non-hydrogen) atoms. The van der Waals surface area contributed by atoms with Crippen LogP contribution >= 0.6 is 11.3 Å². The monoisotopic (exact) mass is 693 g/mol. The van der Waals surface area contributed by atoms with Crippen molar-refractivity contribution in [1.82, 2.24) is 0 Å². The van der Waals surface area contributed by atoms with E-state index in [1.807, 2.05) is 11.3 Å². The van der Waals surface area contributed by atoms with Crippen molar-refractivity contribution in [3.63, 3.8) is 0 Å². The van der Waals surface area contributed by atoms with Crippen molar-refractivity contribution in [2.45, 2.75) is 0 Å². The Morgan fingerprint density at radius 3 is 1.89 bits per heavy atom. The van der Waals surface area contributed by atoms with Crippen LogP contribution in [0.2, 0.25) is 0 Å². The third-order valence-electron chi connectivity index (χ3n) is 10.7. The van der Waals surface area contributed by atoms with Gasteiger partial charge in [0.2, 0.25) is 0 Å². The van der Waals surface area contributed by atoms with Crippen molar-refractivity contribution in [3.05, 3.63) is 188 Å². The first kappa shape index (κ1) is 30.0. The van der Waals surface area contributed by atoms with Crippen LogP contribution in [0.25, 0.3) is 85.9 Å². The topological polar surface area (TPSA) is 16.4 Å². The molecule has 0 spiro atoms. The lowest BCUT2D eigenvalue weighted by Gasteiger charge is -2.26. The Labute approximate surface area is 310 Å². The molecule has 0 atom stereocenters. The molecule has 0 aliphatic rings. The van der Waals surface area contributed by atoms with Gasteiger partial charge in [-0.25, -0.2) is 0 Å². The Kier molecular flexibility index (Phi) is 6.76. The molecule has 0 saturated carbocycles. The Hall–Kier alpha value is -6.68. The van der Waals surface area contributed by atoms with E-state index in [0.717, 1.165) is 39.0 Å². The van der Waals surface area contributed by atoms with E-state index in [-0.39, 0.29) is 0 Å². The fraction of sp³-hybridized carbons (Fsp3) is 0. The summed E-state index contributed by atoms with van der Waals surface area (Å²) in [5.41, 5.74) is 9.65. The molecule has 0 radical (unpaired) electrons. The number of furan rings is 1. The van der Waals surface area contributed by atoms with Gasteiger partial charge in [0.05, 0.1) is 5.69 Å². The molecule has 0 unspecified atom stereocenters. The third-order valence-corrected chi connectivity index (χ3v) is 11.8. The average molecular weight is 694 g/mol. The van der Waals surface area contributed by atoms with E-state index < -0.39 is 0 Å². The van der Waals surface area contributed by atoms with Crippen molar-refractivity contribution in [1.29, 1.82) is 0 Å². The lowest BCUT2D eigenvalue weighted by Crippen LogP contribution is -2.10. The molecular formula is C50H31NOS. The molecule has 11 aromatic rings. The highest BCUT2D eigenvalue weighted by molar-refractivity contribution is 7.25. The largest absolute Gasteiger partial charge is 0.454 e. The summed E-state index contributed by atoms with van der Waals surface area (Å²) in [5, 5.41) is 9.77. The zero-order chi connectivity index (χ0) is 34.9. The Morgan fingerprint density at radius 1 is 0.358 bits per heavy atom. The van der Waals surface area contributed by atoms with Gasteiger partial charge in [-0.3, -0.25) is 0 Å². The zero-order valence-corrected chi connectivity index (χ0v) is 29.5. The SMILES string of the molecule is c1ccc(-c2ccc3oc4c(N(c5ccc(-c6ccc7c(c6)sc6ccccc67)cc5)c5ccc6ccc7ccccc7c6c5)cccc4c3c2)cc1. The second-order valence-electron chi connectivity index (χ2n) is 13.7. The van der Waals surface area contributed by atoms with E-state index in [9.17, 15) is 0 Å². The number of para-hydroxylation sites is 1. The van der Waals surface area contributed by atoms with Gasteiger partial charge in [-0.1, -0.05) is 133 Å². The first-order valence-corrected chi connectivity index (χ1v) is 18.8. The number of thiophene rings is 1. The van der Waals surface area contributed by atoms with Gasteiger partial charge in [-0.05, 0) is 98.4 Å². The second kappa shape index (κ2) is 11.9. The summed E-state index contributed by atoms with van der Waals surface area (Å²) < 4.78 is 9.41. The average Bonchev–Trinajstić information content (AvgIpc) is 3.79. The predicted octanol–water partition coefficient (Wildman–Crippen LogP) is 15.1. The van der Waals surface area contributed by atoms with Gasteiger partial charge >= 0.3 is 0 Å². The van der Waals surface area contributed by atoms with E-state index in [1.54, 1.807) is 0 Å². The van der Waals surface area contributed by atoms with Gasteiger partial charge in [-0.15, -0.1) is 11.3 Å². The van der Waals surface area contributed by atoms with Crippen LogP contribution in [-0.2, 0) is 0 Å². The molecule has 2 heterocycles. The summed E-state index contributed by atoms with van der Waals surface area (Å²) >= 11 is 1.86. The van der Waals surface area contributed by atoms with Crippen molar-refractivity contribution in [2.24, 2.45) is 0 Å². The third kappa shape index (κ3) is 4.93. The minimum Gasteiger partial charge on any atom is -0.454 e. The van der Waals surface area contributed by atoms with Crippen LogP contribution in [0.15, 0.2) is 192 Å². The lowest BCUT2D eigenvalue weighted by atomic mass is 10.00. The molecule has 0 bridgehead atoms. The van der Waals surface area contributed by atoms with E-state index in [1.165, 1.54) is 64.0 Å². The smallest absolute Gasteiger partial charge is 0.159 e. The van der Waals surface area contributed by atoms with Gasteiger partial charge in [0.25, 0.3) is 0 Å². The Bertz CT molecular complexity index is 3170. The number of anilines is 3. The van der Waals surface area contributed by atoms with Crippen LogP contribution in [0.4, 0.5) is 17.1 Å². The standard InChI is InChI=1S/C50H31NOS/c1-2-9-32(10-3-1)36-23-28-47-45(29-36)43-14-8-15-46(50(43)52-47)51(39-26-21-35-18-17-34-11-4-5-12-40(34)44(35)31-39)38-24-19-33(20-25-38)37-22-27-42-41-13-6-7-16-48(41)53-49(42)30-37/h1-31H. The van der Waals surface area contributed by atoms with Crippen molar-refractivity contribution in [2.75, 3.05) is 4.90 Å². The maximum absolute atomic E-state index is 6.77. The zero-order valence-electron chi connectivity index (χ0n) is 28.7. The van der Waals surface area contributed by atoms with E-state index in [4.69, 9.17) is 4.42 Å². The summed E-state index contributed by atoms with van der Waals surface area (Å²) in [7, 11) is 0. The van der Waals surface area contributed by atoms with Crippen LogP contribution in [0.3, 0.4) is 0 Å². The number of nitrogens with zero attached hydrogens (tertiary/aromatic N) is 1. The quantitative estimate of drug-likeness (QED) is 0.167. The predicted molar refractivity (Wildman–Crippen MR) is 227 cm³/mol. The number of benzene rings is 9. The molecule has 11 rings (SSSR count). The van der Waals surface area contributed by atoms with Crippen molar-refractivity contribution < 1.29 is 4.42 Å². The van der Waals surface area contributed by atoms with Crippen molar-refractivity contribution >= 4 is 92.1 Å². The molecule has 248 valence electrons. The molecule has 0 N–H and O–H groups in total. The Morgan fingerprint density at radius 2 is 1.00 bits per heavy atom. The molecule has 3 heteroatoms. The van der Waals surface area contributed by atoms with Gasteiger partial charge in [0.15, 0.2) is 5.58 Å². The highest BCUT2D eigenvalue weighted by Gasteiger charge is 2.20. The fourth-order valence-corrected chi connectivity index (χ4v) is 9.18. The normalized spacial score (nSPS) is 11.8. The van der Waals surface area contributed by atoms with Crippen molar-refractivity contribution in [3.8, 4) is 22.3 Å². The van der Waals surface area contributed by atoms with Gasteiger partial charge in [0.1, 0.15) is 5.58 Å². The maximum Gasteiger partial charge on any atom is 0.159 e. The van der Waals surface area contributed by atoms with Crippen LogP contribution in [0.5, 0.6) is 0 Å². The van der Waals surface area contributed by atoms with E-state index >= 15 is 0 Å². The molecule has 0 fully saturated rings. The number of hydrogen-bond acceptors (Lipinski definition) is 3. The molecule has 0 aliphatic carbocycles. The maximum atomic E-state index is 6.77. The van der Waals surface area contributed by atoms with Crippen LogP contribution < -0.4 is 4.90 Å². The fourth-order valence-electron chi connectivity index (χ4n) is 8.03. The minimum atomic E-state index is 0.866. The minimum absolute atomic E-state index is 0.866. The van der Waals surface area contributed by atoms with E-state index in [0.29, 0.717) is 0 Å². The molecule has 0 aliphatic heterocycles. The lowest BCUT2D eigenvalue weighted by molar-refractivity contribution is 0.669.